The van der Waals surface area contributed by atoms with Crippen molar-refractivity contribution in [2.45, 2.75) is 32.9 Å². The maximum Gasteiger partial charge on any atom is 0.225 e. The molecule has 1 amide bonds. The molecule has 1 aliphatic heterocycles. The molecule has 2 aromatic rings. The number of hydrogen-bond acceptors (Lipinski definition) is 2. The van der Waals surface area contributed by atoms with Crippen LogP contribution in [-0.4, -0.2) is 30.2 Å². The molecule has 0 N–H and O–H groups in total. The van der Waals surface area contributed by atoms with E-state index in [-0.39, 0.29) is 12.1 Å². The Balaban J connectivity index is 1.70. The number of carbonyl (C=O) groups is 1. The second-order valence-corrected chi connectivity index (χ2v) is 6.23. The van der Waals surface area contributed by atoms with Gasteiger partial charge in [0.05, 0.1) is 6.61 Å². The molecule has 0 radical (unpaired) electrons. The van der Waals surface area contributed by atoms with Gasteiger partial charge < -0.3 is 9.64 Å². The van der Waals surface area contributed by atoms with Gasteiger partial charge in [0, 0.05) is 13.0 Å². The molecule has 3 heteroatoms. The summed E-state index contributed by atoms with van der Waals surface area (Å²) in [5.41, 5.74) is 1.24. The highest BCUT2D eigenvalue weighted by Crippen LogP contribution is 2.22. The van der Waals surface area contributed by atoms with E-state index < -0.39 is 0 Å². The molecule has 2 aromatic carbocycles. The maximum absolute atomic E-state index is 12.5. The predicted octanol–water partition coefficient (Wildman–Crippen LogP) is 3.61. The van der Waals surface area contributed by atoms with Gasteiger partial charge in [-0.05, 0) is 28.7 Å². The van der Waals surface area contributed by atoms with Crippen molar-refractivity contribution in [3.8, 4) is 0 Å². The van der Waals surface area contributed by atoms with Gasteiger partial charge in [0.15, 0.2) is 0 Å². The molecule has 0 spiro atoms. The second-order valence-electron chi connectivity index (χ2n) is 6.23. The molecule has 1 atom stereocenters. The number of amides is 1. The number of fused-ring (bicyclic) bond motifs is 1. The van der Waals surface area contributed by atoms with Crippen molar-refractivity contribution < 1.29 is 9.53 Å². The van der Waals surface area contributed by atoms with E-state index in [9.17, 15) is 4.79 Å². The van der Waals surface area contributed by atoms with E-state index in [0.29, 0.717) is 18.9 Å². The summed E-state index contributed by atoms with van der Waals surface area (Å²) in [5.74, 6) is 0.535. The van der Waals surface area contributed by atoms with E-state index in [0.717, 1.165) is 13.0 Å². The van der Waals surface area contributed by atoms with Crippen LogP contribution in [0.25, 0.3) is 10.8 Å². The maximum atomic E-state index is 12.5. The van der Waals surface area contributed by atoms with Crippen molar-refractivity contribution in [3.63, 3.8) is 0 Å². The van der Waals surface area contributed by atoms with E-state index in [2.05, 4.69) is 50.2 Å². The van der Waals surface area contributed by atoms with E-state index in [4.69, 9.17) is 4.74 Å². The third-order valence-corrected chi connectivity index (χ3v) is 4.31. The van der Waals surface area contributed by atoms with Crippen LogP contribution in [0.4, 0.5) is 0 Å². The average molecular weight is 297 g/mol. The minimum Gasteiger partial charge on any atom is -0.356 e. The Morgan fingerprint density at radius 2 is 2.00 bits per heavy atom. The van der Waals surface area contributed by atoms with Gasteiger partial charge >= 0.3 is 0 Å². The predicted molar refractivity (Wildman–Crippen MR) is 88.6 cm³/mol. The second kappa shape index (κ2) is 6.49. The molecule has 3 nitrogen and oxygen atoms in total. The van der Waals surface area contributed by atoms with Crippen molar-refractivity contribution in [2.75, 3.05) is 13.2 Å². The number of aryl methyl sites for hydroxylation is 1. The zero-order valence-corrected chi connectivity index (χ0v) is 13.3. The molecule has 1 saturated heterocycles. The van der Waals surface area contributed by atoms with Gasteiger partial charge in [-0.25, -0.2) is 0 Å². The van der Waals surface area contributed by atoms with Crippen LogP contribution in [0.15, 0.2) is 42.5 Å². The van der Waals surface area contributed by atoms with Crippen LogP contribution in [0.5, 0.6) is 0 Å². The number of nitrogens with zero attached hydrogens (tertiary/aromatic N) is 1. The standard InChI is InChI=1S/C19H23NO2/c1-14(2)19-20(12-13-22-19)18(21)11-10-16-8-5-7-15-6-3-4-9-17(15)16/h3-9,14,19H,10-13H2,1-2H3. The van der Waals surface area contributed by atoms with Crippen LogP contribution in [-0.2, 0) is 16.0 Å². The van der Waals surface area contributed by atoms with Crippen LogP contribution in [0.2, 0.25) is 0 Å². The van der Waals surface area contributed by atoms with Crippen molar-refractivity contribution >= 4 is 16.7 Å². The number of benzene rings is 2. The first-order valence-electron chi connectivity index (χ1n) is 8.04. The molecular weight excluding hydrogens is 274 g/mol. The summed E-state index contributed by atoms with van der Waals surface area (Å²) in [5, 5.41) is 2.48. The monoisotopic (exact) mass is 297 g/mol. The lowest BCUT2D eigenvalue weighted by Gasteiger charge is -2.26. The average Bonchev–Trinajstić information content (AvgIpc) is 3.02. The minimum atomic E-state index is -0.0555. The fourth-order valence-electron chi connectivity index (χ4n) is 3.20. The van der Waals surface area contributed by atoms with Crippen LogP contribution < -0.4 is 0 Å². The quantitative estimate of drug-likeness (QED) is 0.862. The van der Waals surface area contributed by atoms with Crippen molar-refractivity contribution in [1.82, 2.24) is 4.90 Å². The Morgan fingerprint density at radius 3 is 2.82 bits per heavy atom. The first kappa shape index (κ1) is 15.0. The first-order valence-corrected chi connectivity index (χ1v) is 8.04. The lowest BCUT2D eigenvalue weighted by molar-refractivity contribution is -0.138. The molecule has 22 heavy (non-hydrogen) atoms. The summed E-state index contributed by atoms with van der Waals surface area (Å²) < 4.78 is 5.68. The molecule has 0 saturated carbocycles. The Kier molecular flexibility index (Phi) is 4.44. The molecule has 1 fully saturated rings. The van der Waals surface area contributed by atoms with Crippen molar-refractivity contribution in [3.05, 3.63) is 48.0 Å². The van der Waals surface area contributed by atoms with E-state index in [1.165, 1.54) is 16.3 Å². The van der Waals surface area contributed by atoms with Gasteiger partial charge in [0.2, 0.25) is 5.91 Å². The van der Waals surface area contributed by atoms with Crippen LogP contribution in [0, 0.1) is 5.92 Å². The highest BCUT2D eigenvalue weighted by atomic mass is 16.5. The lowest BCUT2D eigenvalue weighted by Crippen LogP contribution is -2.39. The third kappa shape index (κ3) is 3.00. The molecule has 1 heterocycles. The summed E-state index contributed by atoms with van der Waals surface area (Å²) in [7, 11) is 0. The normalized spacial score (nSPS) is 18.3. The number of carbonyl (C=O) groups excluding carboxylic acids is 1. The number of hydrogen-bond donors (Lipinski definition) is 0. The van der Waals surface area contributed by atoms with Gasteiger partial charge in [-0.1, -0.05) is 56.3 Å². The Bertz CT molecular complexity index is 660. The van der Waals surface area contributed by atoms with Crippen LogP contribution in [0.1, 0.15) is 25.8 Å². The largest absolute Gasteiger partial charge is 0.356 e. The molecule has 1 aliphatic rings. The zero-order valence-electron chi connectivity index (χ0n) is 13.3. The molecular formula is C19H23NO2. The zero-order chi connectivity index (χ0) is 15.5. The van der Waals surface area contributed by atoms with Gasteiger partial charge in [0.25, 0.3) is 0 Å². The highest BCUT2D eigenvalue weighted by molar-refractivity contribution is 5.86. The Morgan fingerprint density at radius 1 is 1.23 bits per heavy atom. The van der Waals surface area contributed by atoms with E-state index in [1.54, 1.807) is 0 Å². The molecule has 3 rings (SSSR count). The SMILES string of the molecule is CC(C)C1OCCN1C(=O)CCc1cccc2ccccc12. The topological polar surface area (TPSA) is 29.5 Å². The summed E-state index contributed by atoms with van der Waals surface area (Å²) in [6, 6.07) is 14.6. The summed E-state index contributed by atoms with van der Waals surface area (Å²) in [6.45, 7) is 5.57. The van der Waals surface area contributed by atoms with Crippen LogP contribution in [0.3, 0.4) is 0 Å². The fourth-order valence-corrected chi connectivity index (χ4v) is 3.20. The molecule has 116 valence electrons. The van der Waals surface area contributed by atoms with Gasteiger partial charge in [-0.15, -0.1) is 0 Å². The van der Waals surface area contributed by atoms with Gasteiger partial charge in [0.1, 0.15) is 6.23 Å². The smallest absolute Gasteiger partial charge is 0.225 e. The molecule has 0 aromatic heterocycles. The van der Waals surface area contributed by atoms with Gasteiger partial charge in [-0.3, -0.25) is 4.79 Å². The van der Waals surface area contributed by atoms with Crippen LogP contribution >= 0.6 is 0 Å². The third-order valence-electron chi connectivity index (χ3n) is 4.31. The summed E-state index contributed by atoms with van der Waals surface area (Å²) in [6.07, 6.45) is 1.27. The number of rotatable bonds is 4. The fraction of sp³-hybridized carbons (Fsp3) is 0.421. The summed E-state index contributed by atoms with van der Waals surface area (Å²) >= 11 is 0. The minimum absolute atomic E-state index is 0.0555. The molecule has 0 aliphatic carbocycles. The number of ether oxygens (including phenoxy) is 1. The Labute approximate surface area is 131 Å². The van der Waals surface area contributed by atoms with Crippen molar-refractivity contribution in [2.24, 2.45) is 5.92 Å². The first-order chi connectivity index (χ1) is 10.7. The lowest BCUT2D eigenvalue weighted by atomic mass is 10.0. The molecule has 1 unspecified atom stereocenters. The highest BCUT2D eigenvalue weighted by Gasteiger charge is 2.31. The van der Waals surface area contributed by atoms with E-state index in [1.807, 2.05) is 11.0 Å². The van der Waals surface area contributed by atoms with Crippen molar-refractivity contribution in [1.29, 1.82) is 0 Å². The van der Waals surface area contributed by atoms with E-state index >= 15 is 0 Å². The molecule has 0 bridgehead atoms. The Hall–Kier alpha value is -1.87. The van der Waals surface area contributed by atoms with Gasteiger partial charge in [-0.2, -0.15) is 0 Å². The summed E-state index contributed by atoms with van der Waals surface area (Å²) in [4.78, 5) is 14.4.